The number of amides is 1. The van der Waals surface area contributed by atoms with Crippen molar-refractivity contribution in [1.82, 2.24) is 9.21 Å². The first-order chi connectivity index (χ1) is 7.47. The summed E-state index contributed by atoms with van der Waals surface area (Å²) in [5.74, 6) is 0.0998. The van der Waals surface area contributed by atoms with Gasteiger partial charge in [0.05, 0.1) is 5.75 Å². The highest BCUT2D eigenvalue weighted by Crippen LogP contribution is 2.08. The van der Waals surface area contributed by atoms with E-state index in [4.69, 9.17) is 5.73 Å². The van der Waals surface area contributed by atoms with Crippen LogP contribution in [0.25, 0.3) is 0 Å². The van der Waals surface area contributed by atoms with E-state index in [0.717, 1.165) is 0 Å². The van der Waals surface area contributed by atoms with Crippen molar-refractivity contribution < 1.29 is 13.2 Å². The molecule has 94 valence electrons. The van der Waals surface area contributed by atoms with Gasteiger partial charge < -0.3 is 10.6 Å². The summed E-state index contributed by atoms with van der Waals surface area (Å²) >= 11 is 0. The topological polar surface area (TPSA) is 83.7 Å². The lowest BCUT2D eigenvalue weighted by atomic mass is 10.3. The van der Waals surface area contributed by atoms with Gasteiger partial charge >= 0.3 is 0 Å². The second kappa shape index (κ2) is 5.60. The summed E-state index contributed by atoms with van der Waals surface area (Å²) < 4.78 is 25.0. The van der Waals surface area contributed by atoms with Crippen molar-refractivity contribution in [1.29, 1.82) is 0 Å². The molecule has 0 unspecified atom stereocenters. The van der Waals surface area contributed by atoms with E-state index >= 15 is 0 Å². The third kappa shape index (κ3) is 3.43. The zero-order valence-corrected chi connectivity index (χ0v) is 10.4. The maximum absolute atomic E-state index is 11.8. The molecule has 0 spiro atoms. The maximum atomic E-state index is 11.8. The zero-order valence-electron chi connectivity index (χ0n) is 9.55. The largest absolute Gasteiger partial charge is 0.340 e. The number of nitrogens with two attached hydrogens (primary N) is 1. The van der Waals surface area contributed by atoms with Gasteiger partial charge in [0.25, 0.3) is 0 Å². The fourth-order valence-corrected chi connectivity index (χ4v) is 3.19. The smallest absolute Gasteiger partial charge is 0.219 e. The Bertz CT molecular complexity index is 334. The molecule has 1 heterocycles. The van der Waals surface area contributed by atoms with Gasteiger partial charge in [-0.3, -0.25) is 4.79 Å². The zero-order chi connectivity index (χ0) is 12.2. The van der Waals surface area contributed by atoms with Gasteiger partial charge in [0.15, 0.2) is 0 Å². The van der Waals surface area contributed by atoms with Gasteiger partial charge in [0, 0.05) is 33.1 Å². The SMILES string of the molecule is CC(=O)N1CCN(S(=O)(=O)CCCN)CC1. The average Bonchev–Trinajstić information content (AvgIpc) is 2.26. The number of rotatable bonds is 4. The molecule has 1 rings (SSSR count). The number of nitrogens with zero attached hydrogens (tertiary/aromatic N) is 2. The molecule has 1 saturated heterocycles. The van der Waals surface area contributed by atoms with Crippen molar-refractivity contribution in [3.63, 3.8) is 0 Å². The van der Waals surface area contributed by atoms with Crippen LogP contribution in [-0.2, 0) is 14.8 Å². The molecule has 1 amide bonds. The number of carbonyl (C=O) groups is 1. The minimum Gasteiger partial charge on any atom is -0.340 e. The first-order valence-electron chi connectivity index (χ1n) is 5.41. The van der Waals surface area contributed by atoms with E-state index in [-0.39, 0.29) is 11.7 Å². The van der Waals surface area contributed by atoms with Gasteiger partial charge in [0.1, 0.15) is 0 Å². The Hall–Kier alpha value is -0.660. The molecule has 1 fully saturated rings. The van der Waals surface area contributed by atoms with Crippen LogP contribution in [0.3, 0.4) is 0 Å². The first kappa shape index (κ1) is 13.4. The Morgan fingerprint density at radius 1 is 1.25 bits per heavy atom. The van der Waals surface area contributed by atoms with Crippen LogP contribution in [0.4, 0.5) is 0 Å². The van der Waals surface area contributed by atoms with Crippen LogP contribution in [0.15, 0.2) is 0 Å². The monoisotopic (exact) mass is 249 g/mol. The van der Waals surface area contributed by atoms with E-state index in [0.29, 0.717) is 39.1 Å². The summed E-state index contributed by atoms with van der Waals surface area (Å²) in [4.78, 5) is 12.7. The molecular formula is C9H19N3O3S. The van der Waals surface area contributed by atoms with Crippen LogP contribution < -0.4 is 5.73 Å². The molecule has 0 aromatic carbocycles. The number of sulfonamides is 1. The van der Waals surface area contributed by atoms with Crippen LogP contribution in [0.1, 0.15) is 13.3 Å². The van der Waals surface area contributed by atoms with Crippen LogP contribution in [-0.4, -0.2) is 62.0 Å². The minimum atomic E-state index is -3.18. The van der Waals surface area contributed by atoms with Crippen molar-refractivity contribution in [2.45, 2.75) is 13.3 Å². The molecule has 16 heavy (non-hydrogen) atoms. The van der Waals surface area contributed by atoms with E-state index in [1.54, 1.807) is 4.90 Å². The number of hydrogen-bond donors (Lipinski definition) is 1. The van der Waals surface area contributed by atoms with Gasteiger partial charge in [-0.25, -0.2) is 8.42 Å². The van der Waals surface area contributed by atoms with E-state index in [1.165, 1.54) is 11.2 Å². The summed E-state index contributed by atoms with van der Waals surface area (Å²) in [5, 5.41) is 0. The fraction of sp³-hybridized carbons (Fsp3) is 0.889. The van der Waals surface area contributed by atoms with Crippen LogP contribution in [0.5, 0.6) is 0 Å². The standard InChI is InChI=1S/C9H19N3O3S/c1-9(13)11-4-6-12(7-5-11)16(14,15)8-2-3-10/h2-8,10H2,1H3. The highest BCUT2D eigenvalue weighted by atomic mass is 32.2. The predicted octanol–water partition coefficient (Wildman–Crippen LogP) is -1.17. The third-order valence-electron chi connectivity index (χ3n) is 2.68. The summed E-state index contributed by atoms with van der Waals surface area (Å²) in [5.41, 5.74) is 5.29. The van der Waals surface area contributed by atoms with Gasteiger partial charge in [-0.15, -0.1) is 0 Å². The van der Waals surface area contributed by atoms with Gasteiger partial charge in [-0.2, -0.15) is 4.31 Å². The molecule has 0 radical (unpaired) electrons. The second-order valence-electron chi connectivity index (χ2n) is 3.86. The summed E-state index contributed by atoms with van der Waals surface area (Å²) in [7, 11) is -3.18. The van der Waals surface area contributed by atoms with Crippen molar-refractivity contribution in [3.8, 4) is 0 Å². The van der Waals surface area contributed by atoms with E-state index in [2.05, 4.69) is 0 Å². The van der Waals surface area contributed by atoms with Crippen molar-refractivity contribution in [2.75, 3.05) is 38.5 Å². The summed E-state index contributed by atoms with van der Waals surface area (Å²) in [6, 6.07) is 0. The van der Waals surface area contributed by atoms with Gasteiger partial charge in [-0.05, 0) is 13.0 Å². The molecule has 0 aromatic rings. The van der Waals surface area contributed by atoms with Gasteiger partial charge in [-0.1, -0.05) is 0 Å². The molecule has 1 aliphatic rings. The second-order valence-corrected chi connectivity index (χ2v) is 5.95. The lowest BCUT2D eigenvalue weighted by Crippen LogP contribution is -2.50. The molecule has 0 atom stereocenters. The molecule has 7 heteroatoms. The van der Waals surface area contributed by atoms with E-state index in [9.17, 15) is 13.2 Å². The Morgan fingerprint density at radius 3 is 2.25 bits per heavy atom. The number of piperazine rings is 1. The van der Waals surface area contributed by atoms with E-state index in [1.807, 2.05) is 0 Å². The molecular weight excluding hydrogens is 230 g/mol. The Morgan fingerprint density at radius 2 is 1.81 bits per heavy atom. The van der Waals surface area contributed by atoms with E-state index < -0.39 is 10.0 Å². The lowest BCUT2D eigenvalue weighted by molar-refractivity contribution is -0.129. The van der Waals surface area contributed by atoms with Crippen molar-refractivity contribution in [3.05, 3.63) is 0 Å². The molecule has 2 N–H and O–H groups in total. The molecule has 0 aliphatic carbocycles. The Balaban J connectivity index is 2.50. The predicted molar refractivity (Wildman–Crippen MR) is 61.3 cm³/mol. The van der Waals surface area contributed by atoms with Crippen LogP contribution in [0, 0.1) is 0 Å². The minimum absolute atomic E-state index is 0.000920. The van der Waals surface area contributed by atoms with Crippen LogP contribution in [0.2, 0.25) is 0 Å². The quantitative estimate of drug-likeness (QED) is 0.680. The lowest BCUT2D eigenvalue weighted by Gasteiger charge is -2.33. The summed E-state index contributed by atoms with van der Waals surface area (Å²) in [6.07, 6.45) is 0.481. The highest BCUT2D eigenvalue weighted by Gasteiger charge is 2.26. The molecule has 0 aromatic heterocycles. The van der Waals surface area contributed by atoms with Crippen molar-refractivity contribution in [2.24, 2.45) is 5.73 Å². The third-order valence-corrected chi connectivity index (χ3v) is 4.64. The normalized spacial score (nSPS) is 18.8. The number of carbonyl (C=O) groups excluding carboxylic acids is 1. The van der Waals surface area contributed by atoms with Crippen LogP contribution >= 0.6 is 0 Å². The Labute approximate surface area is 96.4 Å². The average molecular weight is 249 g/mol. The fourth-order valence-electron chi connectivity index (χ4n) is 1.68. The highest BCUT2D eigenvalue weighted by molar-refractivity contribution is 7.89. The molecule has 6 nitrogen and oxygen atoms in total. The Kier molecular flexibility index (Phi) is 4.69. The summed E-state index contributed by atoms with van der Waals surface area (Å²) in [6.45, 7) is 3.64. The van der Waals surface area contributed by atoms with Gasteiger partial charge in [0.2, 0.25) is 15.9 Å². The first-order valence-corrected chi connectivity index (χ1v) is 7.01. The molecule has 1 aliphatic heterocycles. The van der Waals surface area contributed by atoms with Crippen molar-refractivity contribution >= 4 is 15.9 Å². The number of hydrogen-bond acceptors (Lipinski definition) is 4. The maximum Gasteiger partial charge on any atom is 0.219 e. The molecule has 0 bridgehead atoms. The molecule has 0 saturated carbocycles.